The molecule has 24 heavy (non-hydrogen) atoms. The van der Waals surface area contributed by atoms with Crippen molar-refractivity contribution in [2.75, 3.05) is 0 Å². The highest BCUT2D eigenvalue weighted by molar-refractivity contribution is 5.91. The van der Waals surface area contributed by atoms with Gasteiger partial charge >= 0.3 is 5.97 Å². The second kappa shape index (κ2) is 7.42. The van der Waals surface area contributed by atoms with E-state index in [1.165, 1.54) is 6.92 Å². The molecule has 2 nitrogen and oxygen atoms in total. The second-order valence-corrected chi connectivity index (χ2v) is 5.46. The first-order valence-corrected chi connectivity index (χ1v) is 7.83. The van der Waals surface area contributed by atoms with Gasteiger partial charge < -0.3 is 4.74 Å². The molecule has 0 saturated heterocycles. The van der Waals surface area contributed by atoms with Crippen LogP contribution in [-0.4, -0.2) is 5.97 Å². The standard InChI is InChI=1S/C22H18O2/c1-17(23)24-21-14-8-13-20(16-21)22(19-11-6-3-7-12-19)15-18-9-4-2-5-10-18/h2-16H,1H3/b22-15+. The van der Waals surface area contributed by atoms with E-state index in [1.807, 2.05) is 54.6 Å². The van der Waals surface area contributed by atoms with E-state index in [2.05, 4.69) is 30.3 Å². The van der Waals surface area contributed by atoms with Gasteiger partial charge in [-0.15, -0.1) is 0 Å². The first-order valence-electron chi connectivity index (χ1n) is 7.83. The zero-order chi connectivity index (χ0) is 16.8. The van der Waals surface area contributed by atoms with Gasteiger partial charge in [0.15, 0.2) is 0 Å². The third-order valence-corrected chi connectivity index (χ3v) is 3.60. The highest BCUT2D eigenvalue weighted by Crippen LogP contribution is 2.28. The van der Waals surface area contributed by atoms with E-state index < -0.39 is 0 Å². The summed E-state index contributed by atoms with van der Waals surface area (Å²) in [6.07, 6.45) is 2.14. The van der Waals surface area contributed by atoms with E-state index in [0.29, 0.717) is 5.75 Å². The Labute approximate surface area is 142 Å². The molecule has 0 aliphatic carbocycles. The van der Waals surface area contributed by atoms with Gasteiger partial charge in [-0.2, -0.15) is 0 Å². The second-order valence-electron chi connectivity index (χ2n) is 5.46. The molecular formula is C22H18O2. The molecule has 0 N–H and O–H groups in total. The number of hydrogen-bond donors (Lipinski definition) is 0. The first-order chi connectivity index (χ1) is 11.7. The van der Waals surface area contributed by atoms with E-state index in [9.17, 15) is 4.79 Å². The largest absolute Gasteiger partial charge is 0.427 e. The molecule has 0 heterocycles. The minimum atomic E-state index is -0.319. The Morgan fingerprint density at radius 1 is 0.792 bits per heavy atom. The topological polar surface area (TPSA) is 26.3 Å². The number of esters is 1. The summed E-state index contributed by atoms with van der Waals surface area (Å²) in [5, 5.41) is 0. The van der Waals surface area contributed by atoms with E-state index >= 15 is 0 Å². The van der Waals surface area contributed by atoms with Crippen LogP contribution >= 0.6 is 0 Å². The molecule has 0 aromatic heterocycles. The molecule has 0 amide bonds. The molecule has 0 atom stereocenters. The highest BCUT2D eigenvalue weighted by atomic mass is 16.5. The van der Waals surface area contributed by atoms with Crippen LogP contribution in [0.15, 0.2) is 84.9 Å². The molecule has 118 valence electrons. The molecule has 0 bridgehead atoms. The minimum absolute atomic E-state index is 0.319. The van der Waals surface area contributed by atoms with Crippen molar-refractivity contribution < 1.29 is 9.53 Å². The molecule has 2 heteroatoms. The maximum atomic E-state index is 11.2. The molecule has 0 radical (unpaired) electrons. The van der Waals surface area contributed by atoms with E-state index in [4.69, 9.17) is 4.74 Å². The average molecular weight is 314 g/mol. The Balaban J connectivity index is 2.09. The first kappa shape index (κ1) is 15.8. The van der Waals surface area contributed by atoms with Gasteiger partial charge in [-0.1, -0.05) is 72.8 Å². The maximum absolute atomic E-state index is 11.2. The van der Waals surface area contributed by atoms with Crippen LogP contribution in [-0.2, 0) is 4.79 Å². The van der Waals surface area contributed by atoms with Crippen molar-refractivity contribution >= 4 is 17.6 Å². The van der Waals surface area contributed by atoms with Crippen molar-refractivity contribution in [1.29, 1.82) is 0 Å². The highest BCUT2D eigenvalue weighted by Gasteiger charge is 2.07. The molecule has 0 fully saturated rings. The quantitative estimate of drug-likeness (QED) is 0.376. The Kier molecular flexibility index (Phi) is 4.87. The van der Waals surface area contributed by atoms with Crippen molar-refractivity contribution in [1.82, 2.24) is 0 Å². The summed E-state index contributed by atoms with van der Waals surface area (Å²) in [6.45, 7) is 1.41. The molecule has 0 aliphatic heterocycles. The lowest BCUT2D eigenvalue weighted by atomic mass is 9.95. The number of hydrogen-bond acceptors (Lipinski definition) is 2. The monoisotopic (exact) mass is 314 g/mol. The molecule has 0 aliphatic rings. The summed E-state index contributed by atoms with van der Waals surface area (Å²) in [5.41, 5.74) is 4.31. The molecule has 3 aromatic rings. The van der Waals surface area contributed by atoms with Crippen molar-refractivity contribution in [2.24, 2.45) is 0 Å². The summed E-state index contributed by atoms with van der Waals surface area (Å²) in [6, 6.07) is 28.0. The summed E-state index contributed by atoms with van der Waals surface area (Å²) in [4.78, 5) is 11.2. The molecule has 0 saturated carbocycles. The van der Waals surface area contributed by atoms with E-state index in [0.717, 1.165) is 22.3 Å². The van der Waals surface area contributed by atoms with E-state index in [1.54, 1.807) is 6.07 Å². The van der Waals surface area contributed by atoms with Gasteiger partial charge in [0.2, 0.25) is 0 Å². The van der Waals surface area contributed by atoms with Gasteiger partial charge in [0, 0.05) is 6.92 Å². The third-order valence-electron chi connectivity index (χ3n) is 3.60. The normalized spacial score (nSPS) is 11.1. The van der Waals surface area contributed by atoms with Crippen molar-refractivity contribution in [2.45, 2.75) is 6.92 Å². The Hall–Kier alpha value is -3.13. The van der Waals surface area contributed by atoms with Gasteiger partial charge in [0.1, 0.15) is 5.75 Å². The van der Waals surface area contributed by atoms with Crippen molar-refractivity contribution in [3.05, 3.63) is 102 Å². The van der Waals surface area contributed by atoms with Gasteiger partial charge in [-0.3, -0.25) is 4.79 Å². The smallest absolute Gasteiger partial charge is 0.308 e. The maximum Gasteiger partial charge on any atom is 0.308 e. The van der Waals surface area contributed by atoms with Gasteiger partial charge in [-0.25, -0.2) is 0 Å². The van der Waals surface area contributed by atoms with Crippen LogP contribution in [0.25, 0.3) is 11.6 Å². The van der Waals surface area contributed by atoms with Crippen molar-refractivity contribution in [3.63, 3.8) is 0 Å². The number of benzene rings is 3. The average Bonchev–Trinajstić information content (AvgIpc) is 2.61. The number of carbonyl (C=O) groups excluding carboxylic acids is 1. The molecule has 3 aromatic carbocycles. The molecule has 3 rings (SSSR count). The summed E-state index contributed by atoms with van der Waals surface area (Å²) >= 11 is 0. The lowest BCUT2D eigenvalue weighted by Gasteiger charge is -2.11. The fraction of sp³-hybridized carbons (Fsp3) is 0.0455. The van der Waals surface area contributed by atoms with Crippen LogP contribution in [0.5, 0.6) is 5.75 Å². The van der Waals surface area contributed by atoms with Crippen molar-refractivity contribution in [3.8, 4) is 5.75 Å². The summed E-state index contributed by atoms with van der Waals surface area (Å²) < 4.78 is 5.22. The molecule has 0 spiro atoms. The Morgan fingerprint density at radius 3 is 2.08 bits per heavy atom. The van der Waals surface area contributed by atoms with Crippen LogP contribution in [0.1, 0.15) is 23.6 Å². The zero-order valence-corrected chi connectivity index (χ0v) is 13.5. The fourth-order valence-corrected chi connectivity index (χ4v) is 2.56. The van der Waals surface area contributed by atoms with Crippen LogP contribution in [0.3, 0.4) is 0 Å². The number of rotatable bonds is 4. The third kappa shape index (κ3) is 3.99. The molecule has 0 unspecified atom stereocenters. The summed E-state index contributed by atoms with van der Waals surface area (Å²) in [7, 11) is 0. The Bertz CT molecular complexity index is 849. The van der Waals surface area contributed by atoms with Gasteiger partial charge in [0.25, 0.3) is 0 Å². The Morgan fingerprint density at radius 2 is 1.42 bits per heavy atom. The number of ether oxygens (including phenoxy) is 1. The van der Waals surface area contributed by atoms with Crippen LogP contribution in [0.2, 0.25) is 0 Å². The fourth-order valence-electron chi connectivity index (χ4n) is 2.56. The van der Waals surface area contributed by atoms with Crippen LogP contribution < -0.4 is 4.74 Å². The minimum Gasteiger partial charge on any atom is -0.427 e. The van der Waals surface area contributed by atoms with Crippen LogP contribution in [0.4, 0.5) is 0 Å². The van der Waals surface area contributed by atoms with Gasteiger partial charge in [-0.05, 0) is 40.5 Å². The summed E-state index contributed by atoms with van der Waals surface area (Å²) in [5.74, 6) is 0.232. The predicted molar refractivity (Wildman–Crippen MR) is 97.6 cm³/mol. The molecular weight excluding hydrogens is 296 g/mol. The van der Waals surface area contributed by atoms with E-state index in [-0.39, 0.29) is 5.97 Å². The SMILES string of the molecule is CC(=O)Oc1cccc(/C(=C/c2ccccc2)c2ccccc2)c1. The predicted octanol–water partition coefficient (Wildman–Crippen LogP) is 5.20. The van der Waals surface area contributed by atoms with Crippen LogP contribution in [0, 0.1) is 0 Å². The lowest BCUT2D eigenvalue weighted by molar-refractivity contribution is -0.131. The lowest BCUT2D eigenvalue weighted by Crippen LogP contribution is -2.01. The zero-order valence-electron chi connectivity index (χ0n) is 13.5. The number of carbonyl (C=O) groups is 1. The van der Waals surface area contributed by atoms with Gasteiger partial charge in [0.05, 0.1) is 0 Å².